The van der Waals surface area contributed by atoms with Crippen molar-refractivity contribution in [3.05, 3.63) is 0 Å². The lowest BCUT2D eigenvalue weighted by Crippen LogP contribution is -2.34. The van der Waals surface area contributed by atoms with Crippen LogP contribution in [0.1, 0.15) is 20.8 Å². The summed E-state index contributed by atoms with van der Waals surface area (Å²) >= 11 is 0. The summed E-state index contributed by atoms with van der Waals surface area (Å²) in [6.07, 6.45) is -0.265. The van der Waals surface area contributed by atoms with E-state index in [0.29, 0.717) is 5.92 Å². The molecular formula is C7H13NO2. The fourth-order valence-electron chi connectivity index (χ4n) is 1.24. The molecule has 0 spiro atoms. The fourth-order valence-corrected chi connectivity index (χ4v) is 1.24. The normalized spacial score (nSPS) is 32.2. The van der Waals surface area contributed by atoms with Crippen LogP contribution in [0.3, 0.4) is 0 Å². The second kappa shape index (κ2) is 2.48. The molecule has 1 fully saturated rings. The first-order valence-electron chi connectivity index (χ1n) is 3.58. The Bertz CT molecular complexity index is 145. The van der Waals surface area contributed by atoms with Gasteiger partial charge in [0.2, 0.25) is 0 Å². The van der Waals surface area contributed by atoms with Crippen molar-refractivity contribution in [1.29, 1.82) is 0 Å². The first-order chi connectivity index (χ1) is 4.61. The first-order valence-corrected chi connectivity index (χ1v) is 3.58. The molecule has 1 heterocycles. The van der Waals surface area contributed by atoms with Crippen molar-refractivity contribution >= 4 is 6.09 Å². The number of carbonyl (C=O) groups is 1. The molecule has 0 radical (unpaired) electrons. The van der Waals surface area contributed by atoms with Crippen LogP contribution in [0.25, 0.3) is 0 Å². The van der Waals surface area contributed by atoms with Gasteiger partial charge in [-0.05, 0) is 12.8 Å². The van der Waals surface area contributed by atoms with Crippen LogP contribution in [-0.4, -0.2) is 18.2 Å². The largest absolute Gasteiger partial charge is 0.444 e. The van der Waals surface area contributed by atoms with E-state index in [9.17, 15) is 4.79 Å². The molecular weight excluding hydrogens is 130 g/mol. The molecule has 0 unspecified atom stereocenters. The number of hydrogen-bond donors (Lipinski definition) is 1. The third-order valence-electron chi connectivity index (χ3n) is 1.80. The van der Waals surface area contributed by atoms with Crippen molar-refractivity contribution < 1.29 is 9.53 Å². The zero-order chi connectivity index (χ0) is 7.72. The zero-order valence-corrected chi connectivity index (χ0v) is 6.55. The summed E-state index contributed by atoms with van der Waals surface area (Å²) in [5.74, 6) is 0.446. The Kier molecular flexibility index (Phi) is 1.83. The average molecular weight is 143 g/mol. The summed E-state index contributed by atoms with van der Waals surface area (Å²) in [6.45, 7) is 6.04. The van der Waals surface area contributed by atoms with Gasteiger partial charge in [0.05, 0.1) is 6.04 Å². The SMILES string of the molecule is CC(C)[C@@H]1NC(=O)O[C@H]1C. The van der Waals surface area contributed by atoms with Gasteiger partial charge < -0.3 is 10.1 Å². The van der Waals surface area contributed by atoms with Gasteiger partial charge in [0.1, 0.15) is 6.10 Å². The minimum Gasteiger partial charge on any atom is -0.444 e. The molecule has 2 atom stereocenters. The third kappa shape index (κ3) is 1.23. The molecule has 3 nitrogen and oxygen atoms in total. The van der Waals surface area contributed by atoms with Gasteiger partial charge in [0, 0.05) is 0 Å². The van der Waals surface area contributed by atoms with Crippen molar-refractivity contribution in [2.24, 2.45) is 5.92 Å². The van der Waals surface area contributed by atoms with E-state index in [-0.39, 0.29) is 18.2 Å². The van der Waals surface area contributed by atoms with Crippen LogP contribution in [-0.2, 0) is 4.74 Å². The Labute approximate surface area is 60.7 Å². The van der Waals surface area contributed by atoms with Crippen LogP contribution in [0.15, 0.2) is 0 Å². The molecule has 1 saturated heterocycles. The highest BCUT2D eigenvalue weighted by atomic mass is 16.6. The average Bonchev–Trinajstić information content (AvgIpc) is 2.10. The molecule has 1 amide bonds. The van der Waals surface area contributed by atoms with Crippen molar-refractivity contribution in [2.75, 3.05) is 0 Å². The quantitative estimate of drug-likeness (QED) is 0.597. The van der Waals surface area contributed by atoms with E-state index in [4.69, 9.17) is 4.74 Å². The van der Waals surface area contributed by atoms with Crippen LogP contribution in [0.4, 0.5) is 4.79 Å². The van der Waals surface area contributed by atoms with Gasteiger partial charge >= 0.3 is 6.09 Å². The molecule has 0 aromatic heterocycles. The zero-order valence-electron chi connectivity index (χ0n) is 6.55. The van der Waals surface area contributed by atoms with E-state index in [1.807, 2.05) is 6.92 Å². The molecule has 3 heteroatoms. The number of cyclic esters (lactones) is 1. The molecule has 0 aromatic carbocycles. The lowest BCUT2D eigenvalue weighted by atomic mass is 10.0. The maximum absolute atomic E-state index is 10.6. The van der Waals surface area contributed by atoms with Gasteiger partial charge in [0.15, 0.2) is 0 Å². The third-order valence-corrected chi connectivity index (χ3v) is 1.80. The molecule has 58 valence electrons. The van der Waals surface area contributed by atoms with Crippen molar-refractivity contribution in [1.82, 2.24) is 5.32 Å². The summed E-state index contributed by atoms with van der Waals surface area (Å²) in [6, 6.07) is 0.187. The lowest BCUT2D eigenvalue weighted by Gasteiger charge is -2.15. The molecule has 0 saturated carbocycles. The number of ether oxygens (including phenoxy) is 1. The van der Waals surface area contributed by atoms with Gasteiger partial charge in [-0.25, -0.2) is 4.79 Å². The summed E-state index contributed by atoms with van der Waals surface area (Å²) < 4.78 is 4.89. The van der Waals surface area contributed by atoms with Crippen molar-refractivity contribution in [2.45, 2.75) is 32.9 Å². The molecule has 10 heavy (non-hydrogen) atoms. The van der Waals surface area contributed by atoms with E-state index in [1.165, 1.54) is 0 Å². The maximum Gasteiger partial charge on any atom is 0.407 e. The van der Waals surface area contributed by atoms with Crippen LogP contribution in [0.2, 0.25) is 0 Å². The number of alkyl carbamates (subject to hydrolysis) is 1. The smallest absolute Gasteiger partial charge is 0.407 e. The predicted molar refractivity (Wildman–Crippen MR) is 37.7 cm³/mol. The van der Waals surface area contributed by atoms with E-state index < -0.39 is 0 Å². The number of amides is 1. The highest BCUT2D eigenvalue weighted by Gasteiger charge is 2.32. The van der Waals surface area contributed by atoms with Crippen LogP contribution >= 0.6 is 0 Å². The number of hydrogen-bond acceptors (Lipinski definition) is 2. The summed E-state index contributed by atoms with van der Waals surface area (Å²) in [4.78, 5) is 10.6. The minimum atomic E-state index is -0.286. The summed E-state index contributed by atoms with van der Waals surface area (Å²) in [5.41, 5.74) is 0. The summed E-state index contributed by atoms with van der Waals surface area (Å²) in [5, 5.41) is 2.74. The van der Waals surface area contributed by atoms with Crippen LogP contribution < -0.4 is 5.32 Å². The Morgan fingerprint density at radius 2 is 2.20 bits per heavy atom. The Morgan fingerprint density at radius 1 is 1.60 bits per heavy atom. The maximum atomic E-state index is 10.6. The molecule has 1 N–H and O–H groups in total. The molecule has 1 aliphatic rings. The fraction of sp³-hybridized carbons (Fsp3) is 0.857. The molecule has 0 aliphatic carbocycles. The van der Waals surface area contributed by atoms with Gasteiger partial charge in [0.25, 0.3) is 0 Å². The Morgan fingerprint density at radius 3 is 2.40 bits per heavy atom. The number of nitrogens with one attached hydrogen (secondary N) is 1. The molecule has 0 bridgehead atoms. The van der Waals surface area contributed by atoms with Crippen molar-refractivity contribution in [3.63, 3.8) is 0 Å². The number of rotatable bonds is 1. The lowest BCUT2D eigenvalue weighted by molar-refractivity contribution is 0.136. The molecule has 0 aromatic rings. The Hall–Kier alpha value is -0.730. The monoisotopic (exact) mass is 143 g/mol. The van der Waals surface area contributed by atoms with Crippen LogP contribution in [0.5, 0.6) is 0 Å². The predicted octanol–water partition coefficient (Wildman–Crippen LogP) is 1.14. The highest BCUT2D eigenvalue weighted by molar-refractivity contribution is 5.70. The summed E-state index contributed by atoms with van der Waals surface area (Å²) in [7, 11) is 0. The Balaban J connectivity index is 2.54. The van der Waals surface area contributed by atoms with Gasteiger partial charge in [-0.1, -0.05) is 13.8 Å². The standard InChI is InChI=1S/C7H13NO2/c1-4(2)6-5(3)10-7(9)8-6/h4-6H,1-3H3,(H,8,9)/t5-,6-/m0/s1. The first kappa shape index (κ1) is 7.38. The topological polar surface area (TPSA) is 38.3 Å². The van der Waals surface area contributed by atoms with E-state index >= 15 is 0 Å². The number of carbonyl (C=O) groups excluding carboxylic acids is 1. The van der Waals surface area contributed by atoms with Crippen LogP contribution in [0, 0.1) is 5.92 Å². The van der Waals surface area contributed by atoms with E-state index in [0.717, 1.165) is 0 Å². The van der Waals surface area contributed by atoms with Gasteiger partial charge in [-0.15, -0.1) is 0 Å². The van der Waals surface area contributed by atoms with E-state index in [2.05, 4.69) is 19.2 Å². The molecule has 1 rings (SSSR count). The highest BCUT2D eigenvalue weighted by Crippen LogP contribution is 2.14. The van der Waals surface area contributed by atoms with Gasteiger partial charge in [-0.2, -0.15) is 0 Å². The second-order valence-electron chi connectivity index (χ2n) is 3.02. The van der Waals surface area contributed by atoms with E-state index in [1.54, 1.807) is 0 Å². The minimum absolute atomic E-state index is 0.0208. The van der Waals surface area contributed by atoms with Crippen molar-refractivity contribution in [3.8, 4) is 0 Å². The second-order valence-corrected chi connectivity index (χ2v) is 3.02. The van der Waals surface area contributed by atoms with Gasteiger partial charge in [-0.3, -0.25) is 0 Å². The molecule has 1 aliphatic heterocycles.